The fourth-order valence-corrected chi connectivity index (χ4v) is 6.02. The summed E-state index contributed by atoms with van der Waals surface area (Å²) in [5.41, 5.74) is 0.231. The number of carbonyl (C=O) groups excluding carboxylic acids is 1. The molecular formula is C24H25Cl2F3N4O6S. The van der Waals surface area contributed by atoms with Gasteiger partial charge in [-0.3, -0.25) is 14.7 Å². The van der Waals surface area contributed by atoms with Crippen molar-refractivity contribution < 1.29 is 41.0 Å². The minimum Gasteiger partial charge on any atom is -0.465 e. The van der Waals surface area contributed by atoms with Gasteiger partial charge >= 0.3 is 12.3 Å². The number of ether oxygens (including phenoxy) is 1. The highest BCUT2D eigenvalue weighted by atomic mass is 35.5. The fourth-order valence-electron chi connectivity index (χ4n) is 3.71. The molecule has 0 aliphatic carbocycles. The smallest absolute Gasteiger partial charge is 0.416 e. The van der Waals surface area contributed by atoms with E-state index in [0.29, 0.717) is 36.6 Å². The van der Waals surface area contributed by atoms with Gasteiger partial charge in [0.25, 0.3) is 0 Å². The Morgan fingerprint density at radius 1 is 1.12 bits per heavy atom. The van der Waals surface area contributed by atoms with E-state index in [1.165, 1.54) is 11.9 Å². The van der Waals surface area contributed by atoms with Crippen molar-refractivity contribution in [3.05, 3.63) is 63.1 Å². The Bertz CT molecular complexity index is 1380. The molecule has 2 aromatic carbocycles. The minimum absolute atomic E-state index is 0.192. The van der Waals surface area contributed by atoms with Crippen LogP contribution in [0.25, 0.3) is 0 Å². The van der Waals surface area contributed by atoms with Crippen LogP contribution < -0.4 is 0 Å². The Morgan fingerprint density at radius 2 is 1.73 bits per heavy atom. The van der Waals surface area contributed by atoms with Gasteiger partial charge in [0.05, 0.1) is 35.3 Å². The molecule has 0 atom stereocenters. The Kier molecular flexibility index (Phi) is 10.1. The lowest BCUT2D eigenvalue weighted by molar-refractivity contribution is -0.137. The zero-order chi connectivity index (χ0) is 29.8. The number of sulfonamides is 1. The molecular weight excluding hydrogens is 600 g/mol. The maximum atomic E-state index is 12.9. The molecule has 2 amide bonds. The molecule has 1 heterocycles. The summed E-state index contributed by atoms with van der Waals surface area (Å²) >= 11 is 11.7. The first kappa shape index (κ1) is 31.6. The number of benzene rings is 2. The normalized spacial score (nSPS) is 14.0. The van der Waals surface area contributed by atoms with Gasteiger partial charge in [-0.2, -0.15) is 17.5 Å². The van der Waals surface area contributed by atoms with Crippen LogP contribution in [0, 0.1) is 0 Å². The number of amidine groups is 1. The summed E-state index contributed by atoms with van der Waals surface area (Å²) in [6, 6.07) is 7.91. The second-order valence-corrected chi connectivity index (χ2v) is 11.5. The van der Waals surface area contributed by atoms with Gasteiger partial charge in [-0.1, -0.05) is 47.5 Å². The van der Waals surface area contributed by atoms with Crippen molar-refractivity contribution in [2.24, 2.45) is 4.99 Å². The van der Waals surface area contributed by atoms with Gasteiger partial charge in [-0.05, 0) is 17.7 Å². The molecule has 0 bridgehead atoms. The largest absolute Gasteiger partial charge is 0.465 e. The van der Waals surface area contributed by atoms with Crippen LogP contribution in [0.2, 0.25) is 10.0 Å². The molecule has 2 aromatic rings. The van der Waals surface area contributed by atoms with Crippen molar-refractivity contribution in [1.82, 2.24) is 14.1 Å². The molecule has 0 unspecified atom stereocenters. The summed E-state index contributed by atoms with van der Waals surface area (Å²) in [4.78, 5) is 29.9. The predicted molar refractivity (Wildman–Crippen MR) is 141 cm³/mol. The zero-order valence-electron chi connectivity index (χ0n) is 21.3. The maximum Gasteiger partial charge on any atom is 0.416 e. The molecule has 16 heteroatoms. The average molecular weight is 625 g/mol. The first-order chi connectivity index (χ1) is 18.6. The highest BCUT2D eigenvalue weighted by Gasteiger charge is 2.35. The van der Waals surface area contributed by atoms with Gasteiger partial charge < -0.3 is 14.7 Å². The number of rotatable bonds is 10. The highest BCUT2D eigenvalue weighted by Crippen LogP contribution is 2.38. The molecule has 0 radical (unpaired) electrons. The highest BCUT2D eigenvalue weighted by molar-refractivity contribution is 7.89. The van der Waals surface area contributed by atoms with Crippen LogP contribution in [-0.2, 0) is 32.3 Å². The average Bonchev–Trinajstić information content (AvgIpc) is 3.36. The maximum absolute atomic E-state index is 12.9. The van der Waals surface area contributed by atoms with E-state index >= 15 is 0 Å². The van der Waals surface area contributed by atoms with Crippen LogP contribution in [0.15, 0.2) is 46.3 Å². The fraction of sp³-hybridized carbons (Fsp3) is 0.375. The number of carbonyl (C=O) groups is 2. The molecule has 0 saturated carbocycles. The van der Waals surface area contributed by atoms with E-state index in [1.807, 2.05) is 0 Å². The minimum atomic E-state index is -4.76. The number of halogens is 5. The van der Waals surface area contributed by atoms with Crippen molar-refractivity contribution >= 4 is 51.1 Å². The second-order valence-electron chi connectivity index (χ2n) is 8.73. The van der Waals surface area contributed by atoms with Crippen LogP contribution in [0.5, 0.6) is 0 Å². The molecule has 0 fully saturated rings. The van der Waals surface area contributed by atoms with E-state index in [-0.39, 0.29) is 32.2 Å². The van der Waals surface area contributed by atoms with Gasteiger partial charge in [0.2, 0.25) is 15.9 Å². The van der Waals surface area contributed by atoms with E-state index in [9.17, 15) is 36.3 Å². The van der Waals surface area contributed by atoms with Crippen molar-refractivity contribution in [3.63, 3.8) is 0 Å². The number of likely N-dealkylation sites (N-methyl/N-ethyl adjacent to an activating group) is 2. The number of amides is 2. The lowest BCUT2D eigenvalue weighted by Crippen LogP contribution is -2.34. The molecule has 10 nitrogen and oxygen atoms in total. The van der Waals surface area contributed by atoms with Gasteiger partial charge in [-0.15, -0.1) is 0 Å². The summed E-state index contributed by atoms with van der Waals surface area (Å²) in [6.07, 6.45) is -5.84. The van der Waals surface area contributed by atoms with Crippen LogP contribution in [0.3, 0.4) is 0 Å². The van der Waals surface area contributed by atoms with Gasteiger partial charge in [0, 0.05) is 32.7 Å². The van der Waals surface area contributed by atoms with E-state index in [2.05, 4.69) is 4.99 Å². The lowest BCUT2D eigenvalue weighted by Gasteiger charge is -2.21. The number of hydrogen-bond donors (Lipinski definition) is 1. The molecule has 3 rings (SSSR count). The number of hydrogen-bond acceptors (Lipinski definition) is 6. The van der Waals surface area contributed by atoms with Crippen LogP contribution >= 0.6 is 23.2 Å². The van der Waals surface area contributed by atoms with E-state index in [1.54, 1.807) is 31.3 Å². The summed E-state index contributed by atoms with van der Waals surface area (Å²) in [7, 11) is -1.63. The molecule has 1 N–H and O–H groups in total. The standard InChI is InChI=1S/C24H25Cl2F3N4O6S/c1-31(13-15-3-5-16(6-4-15)22-30-7-8-33(22)23(35)36)20(34)14-39-10-9-32(2)40(37,38)21-18(25)11-17(12-19(21)26)24(27,28)29/h3-6,11-12H,7-10,13-14H2,1-2H3,(H,35,36). The van der Waals surface area contributed by atoms with Crippen LogP contribution in [-0.4, -0.2) is 92.4 Å². The van der Waals surface area contributed by atoms with E-state index in [4.69, 9.17) is 27.9 Å². The Hall–Kier alpha value is -2.91. The van der Waals surface area contributed by atoms with Crippen molar-refractivity contribution in [2.75, 3.05) is 46.9 Å². The monoisotopic (exact) mass is 624 g/mol. The summed E-state index contributed by atoms with van der Waals surface area (Å²) in [5, 5.41) is 7.91. The molecule has 1 aliphatic heterocycles. The molecule has 40 heavy (non-hydrogen) atoms. The third kappa shape index (κ3) is 7.43. The Labute approximate surface area is 238 Å². The number of alkyl halides is 3. The molecule has 0 aromatic heterocycles. The van der Waals surface area contributed by atoms with Gasteiger partial charge in [0.1, 0.15) is 17.3 Å². The van der Waals surface area contributed by atoms with Crippen molar-refractivity contribution in [2.45, 2.75) is 17.6 Å². The van der Waals surface area contributed by atoms with E-state index in [0.717, 1.165) is 14.8 Å². The molecule has 1 aliphatic rings. The Morgan fingerprint density at radius 3 is 2.27 bits per heavy atom. The summed E-state index contributed by atoms with van der Waals surface area (Å²) in [6.45, 7) is 0.139. The summed E-state index contributed by atoms with van der Waals surface area (Å²) in [5.74, 6) is -0.0210. The quantitative estimate of drug-likeness (QED) is 0.398. The van der Waals surface area contributed by atoms with Crippen molar-refractivity contribution in [3.8, 4) is 0 Å². The number of aliphatic imine (C=N–C) groups is 1. The van der Waals surface area contributed by atoms with Gasteiger partial charge in [-0.25, -0.2) is 13.2 Å². The van der Waals surface area contributed by atoms with Crippen LogP contribution in [0.1, 0.15) is 16.7 Å². The SMILES string of the molecule is CN(Cc1ccc(C2=NCCN2C(=O)O)cc1)C(=O)COCCN(C)S(=O)(=O)c1c(Cl)cc(C(F)(F)F)cc1Cl. The number of nitrogens with zero attached hydrogens (tertiary/aromatic N) is 4. The third-order valence-corrected chi connectivity index (χ3v) is 8.68. The first-order valence-corrected chi connectivity index (χ1v) is 13.8. The Balaban J connectivity index is 1.50. The van der Waals surface area contributed by atoms with E-state index < -0.39 is 42.8 Å². The zero-order valence-corrected chi connectivity index (χ0v) is 23.6. The number of carboxylic acid groups (broad SMARTS) is 1. The molecule has 0 saturated heterocycles. The lowest BCUT2D eigenvalue weighted by atomic mass is 10.1. The predicted octanol–water partition coefficient (Wildman–Crippen LogP) is 4.05. The first-order valence-electron chi connectivity index (χ1n) is 11.6. The van der Waals surface area contributed by atoms with Gasteiger partial charge in [0.15, 0.2) is 0 Å². The molecule has 0 spiro atoms. The van der Waals surface area contributed by atoms with Crippen molar-refractivity contribution in [1.29, 1.82) is 0 Å². The summed E-state index contributed by atoms with van der Waals surface area (Å²) < 4.78 is 70.6. The van der Waals surface area contributed by atoms with Crippen LogP contribution in [0.4, 0.5) is 18.0 Å². The topological polar surface area (TPSA) is 120 Å². The molecule has 218 valence electrons. The third-order valence-electron chi connectivity index (χ3n) is 5.90. The second kappa shape index (κ2) is 12.7.